The maximum Gasteiger partial charge on any atom is 0.314 e. The average molecular weight is 452 g/mol. The third-order valence-corrected chi connectivity index (χ3v) is 6.16. The lowest BCUT2D eigenvalue weighted by Gasteiger charge is -2.30. The average Bonchev–Trinajstić information content (AvgIpc) is 3.49. The number of amides is 2. The van der Waals surface area contributed by atoms with Crippen molar-refractivity contribution in [3.05, 3.63) is 42.2 Å². The van der Waals surface area contributed by atoms with E-state index in [1.807, 2.05) is 23.7 Å². The summed E-state index contributed by atoms with van der Waals surface area (Å²) >= 11 is 1.68. The fourth-order valence-corrected chi connectivity index (χ4v) is 4.40. The maximum absolute atomic E-state index is 12.3. The molecule has 9 nitrogen and oxygen atoms in total. The Bertz CT molecular complexity index is 1210. The second kappa shape index (κ2) is 9.73. The van der Waals surface area contributed by atoms with Gasteiger partial charge in [0.05, 0.1) is 44.7 Å². The van der Waals surface area contributed by atoms with Gasteiger partial charge in [-0.2, -0.15) is 5.10 Å². The van der Waals surface area contributed by atoms with Crippen molar-refractivity contribution in [2.75, 3.05) is 30.8 Å². The highest BCUT2D eigenvalue weighted by Crippen LogP contribution is 2.25. The number of benzene rings is 1. The third-order valence-electron chi connectivity index (χ3n) is 5.35. The Morgan fingerprint density at radius 3 is 2.84 bits per heavy atom. The fourth-order valence-electron chi connectivity index (χ4n) is 3.72. The summed E-state index contributed by atoms with van der Waals surface area (Å²) in [6.07, 6.45) is 5.16. The molecule has 4 aromatic rings. The fraction of sp³-hybridized carbons (Fsp3) is 0.318. The molecule has 166 valence electrons. The number of carbonyl (C=O) groups excluding carboxylic acids is 2. The number of anilines is 2. The number of thiazole rings is 1. The summed E-state index contributed by atoms with van der Waals surface area (Å²) in [5.41, 5.74) is 4.05. The van der Waals surface area contributed by atoms with Gasteiger partial charge in [-0.1, -0.05) is 19.1 Å². The van der Waals surface area contributed by atoms with E-state index >= 15 is 0 Å². The van der Waals surface area contributed by atoms with Crippen LogP contribution in [0.5, 0.6) is 0 Å². The first kappa shape index (κ1) is 21.7. The maximum atomic E-state index is 12.3. The highest BCUT2D eigenvalue weighted by atomic mass is 32.1. The minimum absolute atomic E-state index is 0.427. The number of hydrogen-bond donors (Lipinski definition) is 3. The van der Waals surface area contributed by atoms with Gasteiger partial charge in [-0.3, -0.25) is 14.7 Å². The van der Waals surface area contributed by atoms with Crippen LogP contribution in [0.3, 0.4) is 0 Å². The molecule has 1 aliphatic heterocycles. The van der Waals surface area contributed by atoms with E-state index in [9.17, 15) is 9.59 Å². The monoisotopic (exact) mass is 451 g/mol. The van der Waals surface area contributed by atoms with Gasteiger partial charge in [-0.25, -0.2) is 9.97 Å². The number of likely N-dealkylation sites (tertiary alicyclic amines) is 1. The largest absolute Gasteiger partial charge is 0.373 e. The Morgan fingerprint density at radius 2 is 2.06 bits per heavy atom. The van der Waals surface area contributed by atoms with Gasteiger partial charge < -0.3 is 15.5 Å². The Morgan fingerprint density at radius 1 is 1.22 bits per heavy atom. The highest BCUT2D eigenvalue weighted by molar-refractivity contribution is 7.16. The summed E-state index contributed by atoms with van der Waals surface area (Å²) in [7, 11) is 1.76. The van der Waals surface area contributed by atoms with Crippen LogP contribution in [0.4, 0.5) is 11.5 Å². The van der Waals surface area contributed by atoms with Gasteiger partial charge in [0.1, 0.15) is 5.82 Å². The van der Waals surface area contributed by atoms with E-state index in [0.717, 1.165) is 23.7 Å². The number of pyridine rings is 1. The van der Waals surface area contributed by atoms with Crippen molar-refractivity contribution in [1.29, 1.82) is 0 Å². The molecular weight excluding hydrogens is 426 g/mol. The number of aromatic amines is 1. The molecule has 0 saturated carbocycles. The molecule has 0 spiro atoms. The van der Waals surface area contributed by atoms with Crippen LogP contribution in [0.25, 0.3) is 21.1 Å². The molecule has 10 heteroatoms. The summed E-state index contributed by atoms with van der Waals surface area (Å²) < 4.78 is 1.26. The highest BCUT2D eigenvalue weighted by Gasteiger charge is 2.26. The molecule has 1 fully saturated rings. The van der Waals surface area contributed by atoms with Crippen LogP contribution >= 0.6 is 11.3 Å². The number of hydrogen-bond acceptors (Lipinski definition) is 7. The molecule has 0 radical (unpaired) electrons. The number of piperidine rings is 1. The molecule has 1 unspecified atom stereocenters. The molecule has 1 aromatic carbocycles. The molecule has 5 rings (SSSR count). The lowest BCUT2D eigenvalue weighted by Crippen LogP contribution is -2.44. The minimum Gasteiger partial charge on any atom is -0.373 e. The molecule has 1 saturated heterocycles. The van der Waals surface area contributed by atoms with Crippen LogP contribution in [0, 0.1) is 5.92 Å². The van der Waals surface area contributed by atoms with E-state index in [-0.39, 0.29) is 0 Å². The molecule has 3 aromatic heterocycles. The number of fused-ring (bicyclic) bond motifs is 2. The van der Waals surface area contributed by atoms with Crippen LogP contribution < -0.4 is 10.6 Å². The molecule has 0 aliphatic carbocycles. The summed E-state index contributed by atoms with van der Waals surface area (Å²) in [5.74, 6) is -0.0600. The summed E-state index contributed by atoms with van der Waals surface area (Å²) in [6, 6.07) is 8.13. The van der Waals surface area contributed by atoms with Gasteiger partial charge in [-0.05, 0) is 30.9 Å². The van der Waals surface area contributed by atoms with Crippen LogP contribution in [-0.4, -0.2) is 57.0 Å². The van der Waals surface area contributed by atoms with E-state index in [2.05, 4.69) is 43.8 Å². The standard InChI is InChI=1S/C15H20N6O2.C7H5NS/c1-9-4-3-5-21(8-9)15(23)14(22)19-11-7-17-13(16-2)10-6-18-20-12(10)11;1-2-4-7-6(3-1)8-5-9-7/h6-7,9H,3-5,8H2,1-2H3,(H,16,17)(H,18,20)(H,19,22);1-5H. The molecule has 1 atom stereocenters. The molecule has 32 heavy (non-hydrogen) atoms. The number of H-pyrrole nitrogens is 1. The molecule has 4 heterocycles. The van der Waals surface area contributed by atoms with E-state index < -0.39 is 11.8 Å². The quantitative estimate of drug-likeness (QED) is 0.402. The normalized spacial score (nSPS) is 15.8. The van der Waals surface area contributed by atoms with Gasteiger partial charge in [0.15, 0.2) is 0 Å². The van der Waals surface area contributed by atoms with Crippen LogP contribution in [0.15, 0.2) is 42.2 Å². The lowest BCUT2D eigenvalue weighted by molar-refractivity contribution is -0.144. The first-order valence-electron chi connectivity index (χ1n) is 10.4. The SMILES string of the molecule is CNc1ncc(NC(=O)C(=O)N2CCCC(C)C2)c2[nH]ncc12.c1ccc2scnc2c1. The lowest BCUT2D eigenvalue weighted by atomic mass is 10.0. The van der Waals surface area contributed by atoms with Crippen LogP contribution in [0.2, 0.25) is 0 Å². The first-order valence-corrected chi connectivity index (χ1v) is 11.3. The third kappa shape index (κ3) is 4.70. The Balaban J connectivity index is 0.000000225. The van der Waals surface area contributed by atoms with Gasteiger partial charge in [0, 0.05) is 20.1 Å². The van der Waals surface area contributed by atoms with E-state index in [1.54, 1.807) is 29.5 Å². The number of rotatable bonds is 2. The number of nitrogens with one attached hydrogen (secondary N) is 3. The predicted molar refractivity (Wildman–Crippen MR) is 127 cm³/mol. The van der Waals surface area contributed by atoms with Crippen molar-refractivity contribution in [3.63, 3.8) is 0 Å². The first-order chi connectivity index (χ1) is 15.6. The van der Waals surface area contributed by atoms with Gasteiger partial charge in [-0.15, -0.1) is 11.3 Å². The van der Waals surface area contributed by atoms with Crippen molar-refractivity contribution in [2.45, 2.75) is 19.8 Å². The Labute approximate surface area is 189 Å². The second-order valence-electron chi connectivity index (χ2n) is 7.70. The summed E-state index contributed by atoms with van der Waals surface area (Å²) in [6.45, 7) is 3.35. The van der Waals surface area contributed by atoms with E-state index in [0.29, 0.717) is 36.0 Å². The zero-order chi connectivity index (χ0) is 22.5. The zero-order valence-corrected chi connectivity index (χ0v) is 18.8. The van der Waals surface area contributed by atoms with Crippen molar-refractivity contribution >= 4 is 55.8 Å². The van der Waals surface area contributed by atoms with Crippen LogP contribution in [-0.2, 0) is 9.59 Å². The topological polar surface area (TPSA) is 116 Å². The van der Waals surface area contributed by atoms with Gasteiger partial charge in [0.2, 0.25) is 0 Å². The minimum atomic E-state index is -0.644. The molecule has 2 amide bonds. The van der Waals surface area contributed by atoms with E-state index in [1.165, 1.54) is 10.9 Å². The van der Waals surface area contributed by atoms with Crippen molar-refractivity contribution in [1.82, 2.24) is 25.1 Å². The second-order valence-corrected chi connectivity index (χ2v) is 8.59. The summed E-state index contributed by atoms with van der Waals surface area (Å²) in [4.78, 5) is 34.5. The van der Waals surface area contributed by atoms with Crippen molar-refractivity contribution in [3.8, 4) is 0 Å². The zero-order valence-electron chi connectivity index (χ0n) is 18.0. The van der Waals surface area contributed by atoms with Gasteiger partial charge in [0.25, 0.3) is 0 Å². The van der Waals surface area contributed by atoms with E-state index in [4.69, 9.17) is 0 Å². The molecule has 1 aliphatic rings. The molecule has 3 N–H and O–H groups in total. The van der Waals surface area contributed by atoms with Crippen molar-refractivity contribution < 1.29 is 9.59 Å². The number of carbonyl (C=O) groups is 2. The molecular formula is C22H25N7O2S. The van der Waals surface area contributed by atoms with Gasteiger partial charge >= 0.3 is 11.8 Å². The van der Waals surface area contributed by atoms with Crippen molar-refractivity contribution in [2.24, 2.45) is 5.92 Å². The molecule has 0 bridgehead atoms. The van der Waals surface area contributed by atoms with Crippen LogP contribution in [0.1, 0.15) is 19.8 Å². The summed E-state index contributed by atoms with van der Waals surface area (Å²) in [5, 5.41) is 13.1. The smallest absolute Gasteiger partial charge is 0.314 e. The Hall–Kier alpha value is -3.53. The number of aromatic nitrogens is 4. The predicted octanol–water partition coefficient (Wildman–Crippen LogP) is 3.49. The number of para-hydroxylation sites is 1. The Kier molecular flexibility index (Phi) is 6.60. The number of nitrogens with zero attached hydrogens (tertiary/aromatic N) is 4.